The standard InChI is InChI=1S/C14H28N4O/c1-15-14(16-6-5-13-3-2-4-13)17-7-8-18-9-11-19-12-10-18/h13H,2-12H2,1H3,(H2,15,16,17). The Morgan fingerprint density at radius 2 is 1.95 bits per heavy atom. The lowest BCUT2D eigenvalue weighted by atomic mass is 9.83. The molecule has 0 unspecified atom stereocenters. The molecule has 110 valence electrons. The monoisotopic (exact) mass is 268 g/mol. The van der Waals surface area contributed by atoms with Crippen molar-refractivity contribution in [3.8, 4) is 0 Å². The first-order valence-corrected chi connectivity index (χ1v) is 7.63. The Morgan fingerprint density at radius 1 is 1.21 bits per heavy atom. The number of hydrogen-bond donors (Lipinski definition) is 2. The second-order valence-corrected chi connectivity index (χ2v) is 5.47. The molecule has 2 aliphatic rings. The van der Waals surface area contributed by atoms with Gasteiger partial charge in [0.25, 0.3) is 0 Å². The van der Waals surface area contributed by atoms with Gasteiger partial charge in [0.15, 0.2) is 5.96 Å². The normalized spacial score (nSPS) is 22.1. The summed E-state index contributed by atoms with van der Waals surface area (Å²) in [5, 5.41) is 6.78. The van der Waals surface area contributed by atoms with Gasteiger partial charge in [-0.2, -0.15) is 0 Å². The number of ether oxygens (including phenoxy) is 1. The topological polar surface area (TPSA) is 48.9 Å². The Morgan fingerprint density at radius 3 is 2.58 bits per heavy atom. The molecule has 1 aliphatic heterocycles. The summed E-state index contributed by atoms with van der Waals surface area (Å²) < 4.78 is 5.34. The molecule has 0 aromatic rings. The van der Waals surface area contributed by atoms with Gasteiger partial charge >= 0.3 is 0 Å². The number of nitrogens with zero attached hydrogens (tertiary/aromatic N) is 2. The number of nitrogens with one attached hydrogen (secondary N) is 2. The van der Waals surface area contributed by atoms with E-state index >= 15 is 0 Å². The van der Waals surface area contributed by atoms with Crippen LogP contribution >= 0.6 is 0 Å². The molecule has 0 atom stereocenters. The van der Waals surface area contributed by atoms with Gasteiger partial charge in [-0.25, -0.2) is 0 Å². The van der Waals surface area contributed by atoms with Crippen molar-refractivity contribution < 1.29 is 4.74 Å². The minimum Gasteiger partial charge on any atom is -0.379 e. The zero-order valence-corrected chi connectivity index (χ0v) is 12.2. The summed E-state index contributed by atoms with van der Waals surface area (Å²) in [6.45, 7) is 6.89. The van der Waals surface area contributed by atoms with Crippen LogP contribution < -0.4 is 10.6 Å². The van der Waals surface area contributed by atoms with Gasteiger partial charge in [-0.05, 0) is 12.3 Å². The van der Waals surface area contributed by atoms with Gasteiger partial charge in [0, 0.05) is 39.8 Å². The molecule has 0 bridgehead atoms. The molecular weight excluding hydrogens is 240 g/mol. The van der Waals surface area contributed by atoms with Crippen molar-refractivity contribution in [3.05, 3.63) is 0 Å². The van der Waals surface area contributed by atoms with Crippen molar-refractivity contribution in [2.45, 2.75) is 25.7 Å². The van der Waals surface area contributed by atoms with Gasteiger partial charge < -0.3 is 15.4 Å². The summed E-state index contributed by atoms with van der Waals surface area (Å²) >= 11 is 0. The van der Waals surface area contributed by atoms with Crippen molar-refractivity contribution in [3.63, 3.8) is 0 Å². The maximum absolute atomic E-state index is 5.34. The first kappa shape index (κ1) is 14.6. The van der Waals surface area contributed by atoms with Gasteiger partial charge in [0.2, 0.25) is 0 Å². The van der Waals surface area contributed by atoms with E-state index in [-0.39, 0.29) is 0 Å². The first-order valence-electron chi connectivity index (χ1n) is 7.63. The minimum absolute atomic E-state index is 0.869. The molecule has 5 nitrogen and oxygen atoms in total. The summed E-state index contributed by atoms with van der Waals surface area (Å²) in [5.41, 5.74) is 0. The van der Waals surface area contributed by atoms with Gasteiger partial charge in [-0.15, -0.1) is 0 Å². The van der Waals surface area contributed by atoms with Crippen LogP contribution in [-0.2, 0) is 4.74 Å². The highest BCUT2D eigenvalue weighted by Gasteiger charge is 2.16. The lowest BCUT2D eigenvalue weighted by Gasteiger charge is -2.27. The number of rotatable bonds is 6. The van der Waals surface area contributed by atoms with E-state index in [0.717, 1.165) is 57.8 Å². The highest BCUT2D eigenvalue weighted by atomic mass is 16.5. The number of guanidine groups is 1. The van der Waals surface area contributed by atoms with Crippen molar-refractivity contribution >= 4 is 5.96 Å². The lowest BCUT2D eigenvalue weighted by molar-refractivity contribution is 0.0389. The van der Waals surface area contributed by atoms with E-state index in [4.69, 9.17) is 4.74 Å². The third kappa shape index (κ3) is 5.37. The molecule has 0 aromatic heterocycles. The molecule has 2 rings (SSSR count). The van der Waals surface area contributed by atoms with Crippen molar-refractivity contribution in [2.75, 3.05) is 53.0 Å². The van der Waals surface area contributed by atoms with E-state index in [2.05, 4.69) is 20.5 Å². The predicted molar refractivity (Wildman–Crippen MR) is 78.6 cm³/mol. The summed E-state index contributed by atoms with van der Waals surface area (Å²) in [4.78, 5) is 6.69. The van der Waals surface area contributed by atoms with E-state index in [0.29, 0.717) is 0 Å². The Hall–Kier alpha value is -0.810. The maximum Gasteiger partial charge on any atom is 0.191 e. The fourth-order valence-electron chi connectivity index (χ4n) is 2.55. The highest BCUT2D eigenvalue weighted by Crippen LogP contribution is 2.28. The molecule has 1 saturated heterocycles. The van der Waals surface area contributed by atoms with Crippen LogP contribution in [0.1, 0.15) is 25.7 Å². The Labute approximate surface area is 116 Å². The fraction of sp³-hybridized carbons (Fsp3) is 0.929. The van der Waals surface area contributed by atoms with E-state index in [1.54, 1.807) is 0 Å². The molecule has 2 N–H and O–H groups in total. The van der Waals surface area contributed by atoms with Crippen LogP contribution in [0.2, 0.25) is 0 Å². The lowest BCUT2D eigenvalue weighted by Crippen LogP contribution is -2.44. The maximum atomic E-state index is 5.34. The van der Waals surface area contributed by atoms with Crippen LogP contribution in [0, 0.1) is 5.92 Å². The van der Waals surface area contributed by atoms with Crippen molar-refractivity contribution in [1.29, 1.82) is 0 Å². The molecule has 2 fully saturated rings. The second-order valence-electron chi connectivity index (χ2n) is 5.47. The zero-order chi connectivity index (χ0) is 13.3. The first-order chi connectivity index (χ1) is 9.38. The molecule has 5 heteroatoms. The van der Waals surface area contributed by atoms with Gasteiger partial charge in [0.05, 0.1) is 13.2 Å². The summed E-state index contributed by atoms with van der Waals surface area (Å²) in [5.74, 6) is 1.89. The number of hydrogen-bond acceptors (Lipinski definition) is 3. The van der Waals surface area contributed by atoms with Crippen LogP contribution in [-0.4, -0.2) is 63.8 Å². The Kier molecular flexibility index (Phi) is 6.44. The Balaban J connectivity index is 1.51. The fourth-order valence-corrected chi connectivity index (χ4v) is 2.55. The van der Waals surface area contributed by atoms with Crippen LogP contribution in [0.25, 0.3) is 0 Å². The Bertz CT molecular complexity index is 273. The zero-order valence-electron chi connectivity index (χ0n) is 12.2. The third-order valence-corrected chi connectivity index (χ3v) is 4.12. The highest BCUT2D eigenvalue weighted by molar-refractivity contribution is 5.79. The van der Waals surface area contributed by atoms with E-state index in [1.165, 1.54) is 25.7 Å². The van der Waals surface area contributed by atoms with E-state index < -0.39 is 0 Å². The molecule has 0 aromatic carbocycles. The molecule has 0 radical (unpaired) electrons. The molecule has 0 amide bonds. The largest absolute Gasteiger partial charge is 0.379 e. The van der Waals surface area contributed by atoms with Gasteiger partial charge in [-0.1, -0.05) is 19.3 Å². The number of morpholine rings is 1. The van der Waals surface area contributed by atoms with Crippen LogP contribution in [0.15, 0.2) is 4.99 Å². The van der Waals surface area contributed by atoms with Crippen LogP contribution in [0.5, 0.6) is 0 Å². The van der Waals surface area contributed by atoms with Crippen molar-refractivity contribution in [1.82, 2.24) is 15.5 Å². The van der Waals surface area contributed by atoms with Crippen LogP contribution in [0.3, 0.4) is 0 Å². The number of aliphatic imine (C=N–C) groups is 1. The van der Waals surface area contributed by atoms with Gasteiger partial charge in [0.1, 0.15) is 0 Å². The molecule has 1 saturated carbocycles. The predicted octanol–water partition coefficient (Wildman–Crippen LogP) is 0.674. The molecule has 1 heterocycles. The minimum atomic E-state index is 0.869. The summed E-state index contributed by atoms with van der Waals surface area (Å²) in [6.07, 6.45) is 5.55. The molecule has 1 aliphatic carbocycles. The summed E-state index contributed by atoms with van der Waals surface area (Å²) in [7, 11) is 1.84. The van der Waals surface area contributed by atoms with E-state index in [9.17, 15) is 0 Å². The van der Waals surface area contributed by atoms with Crippen LogP contribution in [0.4, 0.5) is 0 Å². The molecule has 19 heavy (non-hydrogen) atoms. The average Bonchev–Trinajstić information content (AvgIpc) is 2.40. The smallest absolute Gasteiger partial charge is 0.191 e. The molecular formula is C14H28N4O. The third-order valence-electron chi connectivity index (χ3n) is 4.12. The SMILES string of the molecule is CN=C(NCCC1CCC1)NCCN1CCOCC1. The second kappa shape index (κ2) is 8.38. The van der Waals surface area contributed by atoms with Gasteiger partial charge in [-0.3, -0.25) is 9.89 Å². The average molecular weight is 268 g/mol. The quantitative estimate of drug-likeness (QED) is 0.549. The van der Waals surface area contributed by atoms with E-state index in [1.807, 2.05) is 7.05 Å². The van der Waals surface area contributed by atoms with Crippen molar-refractivity contribution in [2.24, 2.45) is 10.9 Å². The summed E-state index contributed by atoms with van der Waals surface area (Å²) in [6, 6.07) is 0. The molecule has 0 spiro atoms.